The number of halogens is 1. The number of aryl methyl sites for hydroxylation is 1. The summed E-state index contributed by atoms with van der Waals surface area (Å²) in [7, 11) is 1.98. The molecule has 0 aliphatic carbocycles. The van der Waals surface area contributed by atoms with Gasteiger partial charge >= 0.3 is 0 Å². The second-order valence-electron chi connectivity index (χ2n) is 7.79. The van der Waals surface area contributed by atoms with Crippen LogP contribution in [0, 0.1) is 5.82 Å². The second kappa shape index (κ2) is 9.41. The Labute approximate surface area is 176 Å². The van der Waals surface area contributed by atoms with E-state index in [-0.39, 0.29) is 24.1 Å². The fourth-order valence-corrected chi connectivity index (χ4v) is 4.23. The molecule has 1 amide bonds. The molecule has 1 fully saturated rings. The van der Waals surface area contributed by atoms with Gasteiger partial charge in [-0.3, -0.25) is 9.69 Å². The maximum Gasteiger partial charge on any atom is 0.220 e. The van der Waals surface area contributed by atoms with Gasteiger partial charge < -0.3 is 14.6 Å². The number of carbonyl (C=O) groups is 1. The summed E-state index contributed by atoms with van der Waals surface area (Å²) in [6, 6.07) is 14.8. The van der Waals surface area contributed by atoms with E-state index in [0.29, 0.717) is 12.1 Å². The van der Waals surface area contributed by atoms with Gasteiger partial charge in [-0.2, -0.15) is 0 Å². The fourth-order valence-electron chi connectivity index (χ4n) is 4.23. The lowest BCUT2D eigenvalue weighted by atomic mass is 9.87. The van der Waals surface area contributed by atoms with E-state index >= 15 is 0 Å². The van der Waals surface area contributed by atoms with E-state index in [1.54, 1.807) is 12.1 Å². The molecule has 1 aromatic heterocycles. The summed E-state index contributed by atoms with van der Waals surface area (Å²) in [6.07, 6.45) is 2.22. The van der Waals surface area contributed by atoms with Crippen LogP contribution in [0.2, 0.25) is 0 Å². The summed E-state index contributed by atoms with van der Waals surface area (Å²) in [5.74, 6) is -0.693. The number of hydrogen-bond donors (Lipinski definition) is 1. The smallest absolute Gasteiger partial charge is 0.220 e. The number of nitrogens with zero attached hydrogens (tertiary/aromatic N) is 2. The highest BCUT2D eigenvalue weighted by molar-refractivity contribution is 5.86. The minimum absolute atomic E-state index is 0.0653. The van der Waals surface area contributed by atoms with Gasteiger partial charge in [0.15, 0.2) is 0 Å². The van der Waals surface area contributed by atoms with Gasteiger partial charge in [0, 0.05) is 62.7 Å². The first-order valence-corrected chi connectivity index (χ1v) is 10.5. The molecule has 5 nitrogen and oxygen atoms in total. The van der Waals surface area contributed by atoms with Crippen molar-refractivity contribution in [2.24, 2.45) is 7.05 Å². The van der Waals surface area contributed by atoms with E-state index in [4.69, 9.17) is 4.74 Å². The minimum Gasteiger partial charge on any atom is -0.379 e. The van der Waals surface area contributed by atoms with Crippen molar-refractivity contribution < 1.29 is 13.9 Å². The molecule has 4 rings (SSSR count). The molecule has 1 atom stereocenters. The molecule has 1 saturated heterocycles. The molecule has 0 unspecified atom stereocenters. The van der Waals surface area contributed by atoms with Gasteiger partial charge in [0.2, 0.25) is 5.91 Å². The van der Waals surface area contributed by atoms with E-state index < -0.39 is 0 Å². The number of benzene rings is 2. The number of hydrogen-bond acceptors (Lipinski definition) is 3. The molecule has 2 aromatic carbocycles. The molecule has 3 aromatic rings. The Balaban J connectivity index is 1.54. The number of carbonyl (C=O) groups excluding carboxylic acids is 1. The summed E-state index contributed by atoms with van der Waals surface area (Å²) in [5, 5.41) is 4.07. The highest BCUT2D eigenvalue weighted by Gasteiger charge is 2.24. The van der Waals surface area contributed by atoms with E-state index in [2.05, 4.69) is 10.2 Å². The van der Waals surface area contributed by atoms with Crippen LogP contribution < -0.4 is 5.32 Å². The van der Waals surface area contributed by atoms with Gasteiger partial charge in [0.25, 0.3) is 0 Å². The van der Waals surface area contributed by atoms with Crippen molar-refractivity contribution in [3.63, 3.8) is 0 Å². The summed E-state index contributed by atoms with van der Waals surface area (Å²) >= 11 is 0. The van der Waals surface area contributed by atoms with Crippen molar-refractivity contribution in [2.45, 2.75) is 12.3 Å². The number of para-hydroxylation sites is 1. The molecule has 6 heteroatoms. The quantitative estimate of drug-likeness (QED) is 0.651. The number of rotatable bonds is 7. The molecule has 0 radical (unpaired) electrons. The zero-order chi connectivity index (χ0) is 20.9. The average Bonchev–Trinajstić information content (AvgIpc) is 3.10. The molecule has 30 heavy (non-hydrogen) atoms. The molecule has 1 N–H and O–H groups in total. The Morgan fingerprint density at radius 2 is 1.83 bits per heavy atom. The first kappa shape index (κ1) is 20.6. The van der Waals surface area contributed by atoms with Crippen LogP contribution in [0.3, 0.4) is 0 Å². The van der Waals surface area contributed by atoms with Crippen LogP contribution in [0.4, 0.5) is 4.39 Å². The highest BCUT2D eigenvalue weighted by atomic mass is 19.1. The third-order valence-electron chi connectivity index (χ3n) is 5.83. The lowest BCUT2D eigenvalue weighted by molar-refractivity contribution is -0.121. The van der Waals surface area contributed by atoms with Crippen LogP contribution in [0.5, 0.6) is 0 Å². The lowest BCUT2D eigenvalue weighted by Crippen LogP contribution is -2.41. The number of aromatic nitrogens is 1. The molecule has 0 saturated carbocycles. The number of amides is 1. The van der Waals surface area contributed by atoms with Crippen molar-refractivity contribution in [3.05, 3.63) is 71.7 Å². The van der Waals surface area contributed by atoms with Crippen LogP contribution in [-0.2, 0) is 16.6 Å². The zero-order valence-corrected chi connectivity index (χ0v) is 17.3. The largest absolute Gasteiger partial charge is 0.379 e. The normalized spacial score (nSPS) is 15.9. The Kier molecular flexibility index (Phi) is 6.45. The van der Waals surface area contributed by atoms with Gasteiger partial charge in [-0.1, -0.05) is 36.4 Å². The predicted molar refractivity (Wildman–Crippen MR) is 116 cm³/mol. The number of morpholine rings is 1. The molecule has 158 valence electrons. The zero-order valence-electron chi connectivity index (χ0n) is 17.3. The van der Waals surface area contributed by atoms with Crippen molar-refractivity contribution in [2.75, 3.05) is 39.4 Å². The number of fused-ring (bicyclic) bond motifs is 1. The molecule has 0 spiro atoms. The van der Waals surface area contributed by atoms with Gasteiger partial charge in [-0.15, -0.1) is 0 Å². The third-order valence-corrected chi connectivity index (χ3v) is 5.83. The maximum atomic E-state index is 14.7. The van der Waals surface area contributed by atoms with E-state index in [1.807, 2.05) is 48.1 Å². The number of ether oxygens (including phenoxy) is 1. The maximum absolute atomic E-state index is 14.7. The second-order valence-corrected chi connectivity index (χ2v) is 7.79. The summed E-state index contributed by atoms with van der Waals surface area (Å²) in [4.78, 5) is 15.1. The molecule has 1 aliphatic rings. The van der Waals surface area contributed by atoms with Crippen molar-refractivity contribution in [3.8, 4) is 0 Å². The van der Waals surface area contributed by atoms with Gasteiger partial charge in [0.1, 0.15) is 5.82 Å². The van der Waals surface area contributed by atoms with Gasteiger partial charge in [-0.05, 0) is 23.3 Å². The summed E-state index contributed by atoms with van der Waals surface area (Å²) in [6.45, 7) is 4.65. The highest BCUT2D eigenvalue weighted by Crippen LogP contribution is 2.35. The Morgan fingerprint density at radius 1 is 1.10 bits per heavy atom. The Hall–Kier alpha value is -2.70. The number of nitrogens with one attached hydrogen (secondary N) is 1. The van der Waals surface area contributed by atoms with E-state index in [0.717, 1.165) is 49.3 Å². The van der Waals surface area contributed by atoms with Crippen LogP contribution in [0.1, 0.15) is 23.5 Å². The monoisotopic (exact) mass is 409 g/mol. The van der Waals surface area contributed by atoms with E-state index in [9.17, 15) is 9.18 Å². The Morgan fingerprint density at radius 3 is 2.63 bits per heavy atom. The lowest BCUT2D eigenvalue weighted by Gasteiger charge is -2.26. The van der Waals surface area contributed by atoms with Crippen LogP contribution >= 0.6 is 0 Å². The van der Waals surface area contributed by atoms with Crippen molar-refractivity contribution in [1.82, 2.24) is 14.8 Å². The average molecular weight is 410 g/mol. The van der Waals surface area contributed by atoms with Gasteiger partial charge in [-0.25, -0.2) is 4.39 Å². The molecule has 0 bridgehead atoms. The third kappa shape index (κ3) is 4.55. The van der Waals surface area contributed by atoms with Crippen LogP contribution in [0.25, 0.3) is 10.9 Å². The summed E-state index contributed by atoms with van der Waals surface area (Å²) < 4.78 is 22.1. The SMILES string of the molecule is Cn1cc([C@@H](CC(=O)NCCN2CCOCC2)c2ccccc2F)c2ccccc21. The molecular formula is C24H28FN3O2. The van der Waals surface area contributed by atoms with Crippen LogP contribution in [-0.4, -0.2) is 54.8 Å². The van der Waals surface area contributed by atoms with Crippen molar-refractivity contribution >= 4 is 16.8 Å². The summed E-state index contributed by atoms with van der Waals surface area (Å²) in [5.41, 5.74) is 2.60. The molecule has 2 heterocycles. The molecular weight excluding hydrogens is 381 g/mol. The first-order valence-electron chi connectivity index (χ1n) is 10.5. The predicted octanol–water partition coefficient (Wildman–Crippen LogP) is 3.29. The van der Waals surface area contributed by atoms with E-state index in [1.165, 1.54) is 6.07 Å². The van der Waals surface area contributed by atoms with Gasteiger partial charge in [0.05, 0.1) is 13.2 Å². The minimum atomic E-state index is -0.347. The van der Waals surface area contributed by atoms with Crippen molar-refractivity contribution in [1.29, 1.82) is 0 Å². The first-order chi connectivity index (χ1) is 14.6. The van der Waals surface area contributed by atoms with Crippen LogP contribution in [0.15, 0.2) is 54.7 Å². The topological polar surface area (TPSA) is 46.5 Å². The molecule has 1 aliphatic heterocycles. The Bertz CT molecular complexity index is 1010. The standard InChI is InChI=1S/C24H28FN3O2/c1-27-17-21(19-7-3-5-9-23(19)27)20(18-6-2-4-8-22(18)25)16-24(29)26-10-11-28-12-14-30-15-13-28/h2-9,17,20H,10-16H2,1H3,(H,26,29)/t20-/m0/s1. The fraction of sp³-hybridized carbons (Fsp3) is 0.375.